The first-order valence-corrected chi connectivity index (χ1v) is 21.8. The molecule has 6 aromatic carbocycles. The molecule has 0 saturated heterocycles. The fourth-order valence-corrected chi connectivity index (χ4v) is 6.24. The van der Waals surface area contributed by atoms with Crippen molar-refractivity contribution < 1.29 is 93.4 Å². The zero-order valence-corrected chi connectivity index (χ0v) is 41.8. The van der Waals surface area contributed by atoms with E-state index < -0.39 is 5.97 Å². The van der Waals surface area contributed by atoms with E-state index in [4.69, 9.17) is 56.1 Å². The Hall–Kier alpha value is -7.73. The molecule has 0 heterocycles. The Kier molecular flexibility index (Phi) is 29.2. The average Bonchev–Trinajstić information content (AvgIpc) is 3.40. The molecule has 0 atom stereocenters. The number of hydrogen-bond donors (Lipinski definition) is 8. The van der Waals surface area contributed by atoms with Crippen molar-refractivity contribution in [3.8, 4) is 46.0 Å². The molecule has 8 N–H and O–H groups in total. The summed E-state index contributed by atoms with van der Waals surface area (Å²) in [5.41, 5.74) is 3.87. The Labute approximate surface area is 431 Å². The van der Waals surface area contributed by atoms with Crippen LogP contribution in [0.4, 0.5) is 0 Å². The summed E-state index contributed by atoms with van der Waals surface area (Å²) in [5, 5.41) is 72.2. The topological polar surface area (TPSA) is 318 Å². The van der Waals surface area contributed by atoms with Gasteiger partial charge in [-0.15, -0.1) is 0 Å². The van der Waals surface area contributed by atoms with Crippen molar-refractivity contribution in [1.82, 2.24) is 0 Å². The maximum absolute atomic E-state index is 10.7. The van der Waals surface area contributed by atoms with Crippen molar-refractivity contribution >= 4 is 77.9 Å². The minimum Gasteiger partial charge on any atom is -0.508 e. The van der Waals surface area contributed by atoms with E-state index in [1.165, 1.54) is 75.7 Å². The minimum absolute atomic E-state index is 0.0114. The Morgan fingerprint density at radius 1 is 0.528 bits per heavy atom. The highest BCUT2D eigenvalue weighted by molar-refractivity contribution is 14.1. The molecule has 0 spiro atoms. The molecule has 0 radical (unpaired) electrons. The molecule has 0 aliphatic carbocycles. The summed E-state index contributed by atoms with van der Waals surface area (Å²) in [6, 6.07) is 24.4. The van der Waals surface area contributed by atoms with Crippen LogP contribution in [0.5, 0.6) is 46.0 Å². The van der Waals surface area contributed by atoms with Gasteiger partial charge in [-0.05, 0) is 101 Å². The lowest BCUT2D eigenvalue weighted by molar-refractivity contribution is -0.132. The van der Waals surface area contributed by atoms with Crippen LogP contribution in [0.15, 0.2) is 97.1 Å². The van der Waals surface area contributed by atoms with Crippen molar-refractivity contribution in [2.24, 2.45) is 0 Å². The lowest BCUT2D eigenvalue weighted by Gasteiger charge is -2.07. The van der Waals surface area contributed by atoms with Gasteiger partial charge in [0.05, 0.1) is 56.3 Å². The summed E-state index contributed by atoms with van der Waals surface area (Å²) < 4.78 is 20.0. The van der Waals surface area contributed by atoms with E-state index in [2.05, 4.69) is 0 Å². The van der Waals surface area contributed by atoms with E-state index in [9.17, 15) is 48.9 Å². The van der Waals surface area contributed by atoms with E-state index in [-0.39, 0.29) is 71.1 Å². The summed E-state index contributed by atoms with van der Waals surface area (Å²) in [5.74, 6) is 1.12. The van der Waals surface area contributed by atoms with Crippen molar-refractivity contribution in [2.45, 2.75) is 33.4 Å². The van der Waals surface area contributed by atoms with Gasteiger partial charge in [-0.2, -0.15) is 0 Å². The molecule has 0 fully saturated rings. The van der Waals surface area contributed by atoms with Crippen LogP contribution in [-0.4, -0.2) is 106 Å². The molecule has 19 nitrogen and oxygen atoms in total. The number of rotatable bonds is 14. The molecule has 0 amide bonds. The Bertz CT molecular complexity index is 2760. The Morgan fingerprint density at radius 2 is 1.07 bits per heavy atom. The zero-order valence-electron chi connectivity index (χ0n) is 38.9. The van der Waals surface area contributed by atoms with E-state index in [1.807, 2.05) is 22.6 Å². The van der Waals surface area contributed by atoms with Crippen molar-refractivity contribution in [3.05, 3.63) is 161 Å². The van der Waals surface area contributed by atoms with Crippen LogP contribution < -0.4 is 18.9 Å². The predicted molar refractivity (Wildman–Crippen MR) is 270 cm³/mol. The van der Waals surface area contributed by atoms with Gasteiger partial charge in [-0.1, -0.05) is 29.8 Å². The monoisotopic (exact) mass is 1130 g/mol. The third-order valence-electron chi connectivity index (χ3n) is 8.90. The Balaban J connectivity index is 0.000000433. The fraction of sp³-hybridized carbons (Fsp3) is 0.157. The number of hydrogen-bond acceptors (Lipinski definition) is 19. The largest absolute Gasteiger partial charge is 0.508 e. The number of phenols is 4. The van der Waals surface area contributed by atoms with Gasteiger partial charge in [-0.3, -0.25) is 33.6 Å². The standard InChI is InChI=1S/C10H10O4.C9H10O4.C8H7ClO3.C8H7IO3.C8H8O3.C8H8O2/c1-7(12)14-9-4-3-8(6-11)5-10(9)13-2;10-3-6-1-7(4-11)8(5-12)9(13)2-6;9-7-2-5(3-10)1-6(4-11)8(7)12;9-7-5(3-10)1-2-6(4-11)8(7)12;1-11-8-3-6(5-9)2-7(10)4-8;1-10-8-4-2-3-7(5-8)6-9/h3-6H,1-2H3;1-3,11-13H,4-5H2;2*1-3,11-12H,4H2;2-5,10H,1H3;2-6H,1H3. The summed E-state index contributed by atoms with van der Waals surface area (Å²) in [7, 11) is 4.49. The smallest absolute Gasteiger partial charge is 0.308 e. The lowest BCUT2D eigenvalue weighted by atomic mass is 10.0. The van der Waals surface area contributed by atoms with Gasteiger partial charge < -0.3 is 59.8 Å². The number of methoxy groups -OCH3 is 3. The van der Waals surface area contributed by atoms with E-state index in [0.717, 1.165) is 6.29 Å². The molecule has 0 saturated carbocycles. The number of phenolic OH excluding ortho intramolecular Hbond substituents is 1. The second-order valence-corrected chi connectivity index (χ2v) is 15.2. The summed E-state index contributed by atoms with van der Waals surface area (Å²) in [4.78, 5) is 72.7. The number of aliphatic hydroxyl groups is 4. The van der Waals surface area contributed by atoms with Gasteiger partial charge in [0.2, 0.25) is 0 Å². The van der Waals surface area contributed by atoms with Crippen LogP contribution in [0.1, 0.15) is 91.3 Å². The molecule has 6 aromatic rings. The van der Waals surface area contributed by atoms with Gasteiger partial charge in [0, 0.05) is 63.1 Å². The highest BCUT2D eigenvalue weighted by Crippen LogP contribution is 2.30. The highest BCUT2D eigenvalue weighted by atomic mass is 127. The van der Waals surface area contributed by atoms with E-state index in [0.29, 0.717) is 96.9 Å². The summed E-state index contributed by atoms with van der Waals surface area (Å²) >= 11 is 7.42. The molecule has 72 heavy (non-hydrogen) atoms. The van der Waals surface area contributed by atoms with E-state index in [1.54, 1.807) is 49.6 Å². The molecular weight excluding hydrogens is 1080 g/mol. The number of aliphatic hydroxyl groups excluding tert-OH is 4. The highest BCUT2D eigenvalue weighted by Gasteiger charge is 2.11. The summed E-state index contributed by atoms with van der Waals surface area (Å²) in [6.45, 7) is 0.0628. The predicted octanol–water partition coefficient (Wildman–Crippen LogP) is 7.00. The molecule has 6 rings (SSSR count). The zero-order chi connectivity index (χ0) is 54.3. The second kappa shape index (κ2) is 33.7. The van der Waals surface area contributed by atoms with Crippen LogP contribution in [0.2, 0.25) is 5.02 Å². The Morgan fingerprint density at radius 3 is 1.58 bits per heavy atom. The number of aromatic hydroxyl groups is 4. The van der Waals surface area contributed by atoms with Gasteiger partial charge in [-0.25, -0.2) is 0 Å². The average molecular weight is 1130 g/mol. The van der Waals surface area contributed by atoms with Crippen LogP contribution in [0.25, 0.3) is 0 Å². The first kappa shape index (κ1) is 62.3. The molecule has 0 aliphatic heterocycles. The second-order valence-electron chi connectivity index (χ2n) is 13.7. The van der Waals surface area contributed by atoms with Crippen molar-refractivity contribution in [3.63, 3.8) is 0 Å². The molecule has 21 heteroatoms. The van der Waals surface area contributed by atoms with Crippen LogP contribution in [-0.2, 0) is 31.2 Å². The van der Waals surface area contributed by atoms with Crippen molar-refractivity contribution in [1.29, 1.82) is 0 Å². The molecule has 0 bridgehead atoms. The van der Waals surface area contributed by atoms with Crippen LogP contribution in [0.3, 0.4) is 0 Å². The number of benzene rings is 6. The van der Waals surface area contributed by atoms with E-state index >= 15 is 0 Å². The van der Waals surface area contributed by atoms with Crippen molar-refractivity contribution in [2.75, 3.05) is 21.3 Å². The maximum Gasteiger partial charge on any atom is 0.308 e. The number of carbonyl (C=O) groups excluding carboxylic acids is 7. The number of esters is 1. The molecule has 0 aromatic heterocycles. The number of halogens is 2. The lowest BCUT2D eigenvalue weighted by Crippen LogP contribution is -2.03. The third-order valence-corrected chi connectivity index (χ3v) is 10.3. The first-order valence-electron chi connectivity index (χ1n) is 20.3. The minimum atomic E-state index is -0.429. The molecule has 0 unspecified atom stereocenters. The number of carbonyl (C=O) groups is 7. The van der Waals surface area contributed by atoms with Crippen LogP contribution >= 0.6 is 34.2 Å². The normalized spacial score (nSPS) is 9.53. The third kappa shape index (κ3) is 20.7. The fourth-order valence-electron chi connectivity index (χ4n) is 5.34. The number of ether oxygens (including phenoxy) is 4. The van der Waals surface area contributed by atoms with Gasteiger partial charge in [0.25, 0.3) is 0 Å². The van der Waals surface area contributed by atoms with Gasteiger partial charge in [0.15, 0.2) is 17.8 Å². The molecular formula is C51H50ClIO19. The van der Waals surface area contributed by atoms with Gasteiger partial charge >= 0.3 is 5.97 Å². The summed E-state index contributed by atoms with van der Waals surface area (Å²) in [6.07, 6.45) is 3.98. The quantitative estimate of drug-likeness (QED) is 0.0236. The molecule has 0 aliphatic rings. The van der Waals surface area contributed by atoms with Gasteiger partial charge in [0.1, 0.15) is 65.9 Å². The SMILES string of the molecule is COc1cc(C=O)ccc1OC(C)=O.COc1cc(O)cc(C=O)c1.COc1cccc(C=O)c1.O=Cc1cc(Cl)c(O)c(CO)c1.O=Cc1cc(O)c(CO)c(CO)c1.O=Cc1ccc(CO)c(O)c1I. The van der Waals surface area contributed by atoms with Crippen LogP contribution in [0, 0.1) is 3.57 Å². The number of aldehydes is 6. The molecule has 382 valence electrons. The first-order chi connectivity index (χ1) is 34.4. The maximum atomic E-state index is 10.7.